The predicted molar refractivity (Wildman–Crippen MR) is 86.3 cm³/mol. The quantitative estimate of drug-likeness (QED) is 0.842. The van der Waals surface area contributed by atoms with Gasteiger partial charge in [-0.1, -0.05) is 17.8 Å². The lowest BCUT2D eigenvalue weighted by Crippen LogP contribution is -2.42. The van der Waals surface area contributed by atoms with Crippen molar-refractivity contribution in [2.45, 2.75) is 46.1 Å². The maximum atomic E-state index is 12.1. The Morgan fingerprint density at radius 3 is 2.91 bits per heavy atom. The number of amides is 1. The van der Waals surface area contributed by atoms with E-state index in [0.29, 0.717) is 34.9 Å². The number of piperidine rings is 1. The minimum atomic E-state index is -0.386. The molecule has 0 aliphatic carbocycles. The summed E-state index contributed by atoms with van der Waals surface area (Å²) in [4.78, 5) is 30.8. The molecule has 0 aromatic carbocycles. The highest BCUT2D eigenvalue weighted by Crippen LogP contribution is 2.23. The molecule has 1 aliphatic rings. The zero-order chi connectivity index (χ0) is 16.1. The second kappa shape index (κ2) is 7.69. The molecule has 22 heavy (non-hydrogen) atoms. The molecular weight excluding hydrogens is 302 g/mol. The van der Waals surface area contributed by atoms with Crippen molar-refractivity contribution in [3.05, 3.63) is 10.6 Å². The summed E-state index contributed by atoms with van der Waals surface area (Å²) in [6.45, 7) is 7.31. The number of aromatic nitrogens is 1. The fraction of sp³-hybridized carbons (Fsp3) is 0.667. The first-order valence-corrected chi connectivity index (χ1v) is 8.51. The molecule has 2 rings (SSSR count). The number of carbonyl (C=O) groups is 2. The first kappa shape index (κ1) is 16.9. The normalized spacial score (nSPS) is 19.0. The minimum absolute atomic E-state index is 0.0853. The number of ether oxygens (including phenoxy) is 1. The molecule has 2 heterocycles. The van der Waals surface area contributed by atoms with Crippen LogP contribution in [-0.2, 0) is 9.53 Å². The van der Waals surface area contributed by atoms with Crippen molar-refractivity contribution in [1.82, 2.24) is 9.88 Å². The number of hydrogen-bond acceptors (Lipinski definition) is 6. The first-order chi connectivity index (χ1) is 10.5. The third kappa shape index (κ3) is 4.27. The van der Waals surface area contributed by atoms with Crippen LogP contribution in [0.15, 0.2) is 0 Å². The molecule has 1 aromatic rings. The number of thiazole rings is 1. The van der Waals surface area contributed by atoms with E-state index in [1.807, 2.05) is 0 Å². The monoisotopic (exact) mass is 325 g/mol. The number of anilines is 1. The van der Waals surface area contributed by atoms with Gasteiger partial charge in [-0.2, -0.15) is 0 Å². The van der Waals surface area contributed by atoms with Crippen LogP contribution in [0.1, 0.15) is 48.5 Å². The standard InChI is InChI=1S/C15H23N3O3S/c1-4-21-14(20)13-11(3)16-15(22-13)17-12(19)9-18-8-6-5-7-10(18)2/h10H,4-9H2,1-3H3,(H,16,17,19). The molecule has 0 spiro atoms. The number of esters is 1. The summed E-state index contributed by atoms with van der Waals surface area (Å²) < 4.78 is 4.97. The Hall–Kier alpha value is -1.47. The largest absolute Gasteiger partial charge is 0.462 e. The summed E-state index contributed by atoms with van der Waals surface area (Å²) in [7, 11) is 0. The number of aryl methyl sites for hydroxylation is 1. The van der Waals surface area contributed by atoms with Gasteiger partial charge < -0.3 is 10.1 Å². The number of carbonyl (C=O) groups excluding carboxylic acids is 2. The van der Waals surface area contributed by atoms with Gasteiger partial charge in [0.25, 0.3) is 0 Å². The molecule has 1 N–H and O–H groups in total. The summed E-state index contributed by atoms with van der Waals surface area (Å²) in [6.07, 6.45) is 3.51. The molecule has 1 aromatic heterocycles. The molecule has 1 saturated heterocycles. The Balaban J connectivity index is 1.94. The second-order valence-corrected chi connectivity index (χ2v) is 6.52. The average Bonchev–Trinajstić information content (AvgIpc) is 2.82. The van der Waals surface area contributed by atoms with Crippen LogP contribution in [0.2, 0.25) is 0 Å². The number of rotatable bonds is 5. The summed E-state index contributed by atoms with van der Waals surface area (Å²) in [5, 5.41) is 3.24. The lowest BCUT2D eigenvalue weighted by Gasteiger charge is -2.32. The van der Waals surface area contributed by atoms with Crippen LogP contribution in [0.3, 0.4) is 0 Å². The van der Waals surface area contributed by atoms with Gasteiger partial charge in [0.1, 0.15) is 4.88 Å². The fourth-order valence-corrected chi connectivity index (χ4v) is 3.45. The lowest BCUT2D eigenvalue weighted by atomic mass is 10.0. The second-order valence-electron chi connectivity index (χ2n) is 5.52. The smallest absolute Gasteiger partial charge is 0.350 e. The molecule has 1 aliphatic heterocycles. The zero-order valence-electron chi connectivity index (χ0n) is 13.3. The van der Waals surface area contributed by atoms with Gasteiger partial charge in [0.15, 0.2) is 5.13 Å². The Morgan fingerprint density at radius 2 is 2.23 bits per heavy atom. The highest BCUT2D eigenvalue weighted by Gasteiger charge is 2.22. The molecule has 1 atom stereocenters. The fourth-order valence-electron chi connectivity index (χ4n) is 2.57. The Kier molecular flexibility index (Phi) is 5.90. The summed E-state index contributed by atoms with van der Waals surface area (Å²) in [6, 6.07) is 0.438. The molecule has 7 heteroatoms. The summed E-state index contributed by atoms with van der Waals surface area (Å²) >= 11 is 1.16. The van der Waals surface area contributed by atoms with Crippen molar-refractivity contribution in [1.29, 1.82) is 0 Å². The van der Waals surface area contributed by atoms with Crippen molar-refractivity contribution in [3.63, 3.8) is 0 Å². The van der Waals surface area contributed by atoms with E-state index in [0.717, 1.165) is 30.7 Å². The zero-order valence-corrected chi connectivity index (χ0v) is 14.2. The maximum absolute atomic E-state index is 12.1. The van der Waals surface area contributed by atoms with E-state index in [1.54, 1.807) is 13.8 Å². The van der Waals surface area contributed by atoms with Gasteiger partial charge >= 0.3 is 5.97 Å². The van der Waals surface area contributed by atoms with Crippen LogP contribution in [0.25, 0.3) is 0 Å². The van der Waals surface area contributed by atoms with Crippen LogP contribution in [0.5, 0.6) is 0 Å². The van der Waals surface area contributed by atoms with E-state index in [-0.39, 0.29) is 11.9 Å². The third-order valence-electron chi connectivity index (χ3n) is 3.79. The number of nitrogens with one attached hydrogen (secondary N) is 1. The molecular formula is C15H23N3O3S. The van der Waals surface area contributed by atoms with Crippen LogP contribution in [0.4, 0.5) is 5.13 Å². The van der Waals surface area contributed by atoms with Gasteiger partial charge in [-0.05, 0) is 40.2 Å². The van der Waals surface area contributed by atoms with E-state index in [1.165, 1.54) is 6.42 Å². The minimum Gasteiger partial charge on any atom is -0.462 e. The molecule has 0 radical (unpaired) electrons. The molecule has 1 amide bonds. The average molecular weight is 325 g/mol. The first-order valence-electron chi connectivity index (χ1n) is 7.69. The van der Waals surface area contributed by atoms with Crippen LogP contribution in [-0.4, -0.2) is 47.5 Å². The summed E-state index contributed by atoms with van der Waals surface area (Å²) in [5.41, 5.74) is 0.588. The van der Waals surface area contributed by atoms with Gasteiger partial charge in [-0.25, -0.2) is 9.78 Å². The maximum Gasteiger partial charge on any atom is 0.350 e. The third-order valence-corrected chi connectivity index (χ3v) is 4.84. The van der Waals surface area contributed by atoms with Gasteiger partial charge in [0.2, 0.25) is 5.91 Å². The van der Waals surface area contributed by atoms with Crippen molar-refractivity contribution in [3.8, 4) is 0 Å². The lowest BCUT2D eigenvalue weighted by molar-refractivity contribution is -0.118. The number of hydrogen-bond donors (Lipinski definition) is 1. The highest BCUT2D eigenvalue weighted by atomic mass is 32.1. The van der Waals surface area contributed by atoms with Gasteiger partial charge in [0, 0.05) is 6.04 Å². The molecule has 0 bridgehead atoms. The van der Waals surface area contributed by atoms with Crippen LogP contribution >= 0.6 is 11.3 Å². The van der Waals surface area contributed by atoms with Crippen molar-refractivity contribution in [2.75, 3.05) is 25.0 Å². The molecule has 0 saturated carbocycles. The Bertz CT molecular complexity index is 544. The van der Waals surface area contributed by atoms with E-state index in [4.69, 9.17) is 4.74 Å². The molecule has 1 unspecified atom stereocenters. The van der Waals surface area contributed by atoms with Gasteiger partial charge in [-0.15, -0.1) is 0 Å². The Labute approximate surface area is 134 Å². The van der Waals surface area contributed by atoms with E-state index >= 15 is 0 Å². The Morgan fingerprint density at radius 1 is 1.45 bits per heavy atom. The van der Waals surface area contributed by atoms with Crippen molar-refractivity contribution in [2.24, 2.45) is 0 Å². The number of likely N-dealkylation sites (tertiary alicyclic amines) is 1. The predicted octanol–water partition coefficient (Wildman–Crippen LogP) is 2.44. The topological polar surface area (TPSA) is 71.5 Å². The molecule has 1 fully saturated rings. The SMILES string of the molecule is CCOC(=O)c1sc(NC(=O)CN2CCCCC2C)nc1C. The van der Waals surface area contributed by atoms with Crippen molar-refractivity contribution < 1.29 is 14.3 Å². The van der Waals surface area contributed by atoms with Crippen LogP contribution < -0.4 is 5.32 Å². The highest BCUT2D eigenvalue weighted by molar-refractivity contribution is 7.17. The van der Waals surface area contributed by atoms with E-state index < -0.39 is 0 Å². The summed E-state index contributed by atoms with van der Waals surface area (Å²) in [5.74, 6) is -0.472. The van der Waals surface area contributed by atoms with Crippen LogP contribution in [0, 0.1) is 6.92 Å². The van der Waals surface area contributed by atoms with Gasteiger partial charge in [-0.3, -0.25) is 9.69 Å². The van der Waals surface area contributed by atoms with E-state index in [2.05, 4.69) is 22.1 Å². The van der Waals surface area contributed by atoms with Crippen molar-refractivity contribution >= 4 is 28.3 Å². The molecule has 122 valence electrons. The van der Waals surface area contributed by atoms with Gasteiger partial charge in [0.05, 0.1) is 18.8 Å². The van der Waals surface area contributed by atoms with E-state index in [9.17, 15) is 9.59 Å². The number of nitrogens with zero attached hydrogens (tertiary/aromatic N) is 2. The molecule has 6 nitrogen and oxygen atoms in total.